The molecule has 1 aromatic heterocycles. The molecule has 0 aliphatic rings. The van der Waals surface area contributed by atoms with Crippen LogP contribution in [0.2, 0.25) is 0 Å². The van der Waals surface area contributed by atoms with Gasteiger partial charge in [-0.3, -0.25) is 0 Å². The molecule has 0 bridgehead atoms. The van der Waals surface area contributed by atoms with Crippen molar-refractivity contribution in [2.45, 2.75) is 13.8 Å². The molecule has 3 aromatic rings. The molecule has 0 aliphatic carbocycles. The first kappa shape index (κ1) is 18.0. The minimum absolute atomic E-state index is 0.443. The number of hydrogen-bond acceptors (Lipinski definition) is 4. The first-order valence-corrected chi connectivity index (χ1v) is 8.94. The molecule has 1 N–H and O–H groups in total. The standard InChI is InChI=1S/C20H18BrN3O2/c1-4-26-18-10-13(9-15(21)19(18)25-3)8-14(11-22)20-23-16-6-5-12(2)7-17(16)24-20/h5-10H,4H2,1-3H3,(H,23,24). The number of benzene rings is 2. The maximum Gasteiger partial charge on any atom is 0.174 e. The van der Waals surface area contributed by atoms with Crippen molar-refractivity contribution in [1.82, 2.24) is 9.97 Å². The molecule has 132 valence electrons. The maximum absolute atomic E-state index is 9.62. The summed E-state index contributed by atoms with van der Waals surface area (Å²) in [5.74, 6) is 1.79. The fourth-order valence-electron chi connectivity index (χ4n) is 2.70. The number of nitrogens with zero attached hydrogens (tertiary/aromatic N) is 2. The molecule has 3 rings (SSSR count). The van der Waals surface area contributed by atoms with Crippen molar-refractivity contribution in [3.8, 4) is 17.6 Å². The Bertz CT molecular complexity index is 1030. The molecule has 0 unspecified atom stereocenters. The Labute approximate surface area is 160 Å². The molecule has 0 radical (unpaired) electrons. The van der Waals surface area contributed by atoms with Crippen LogP contribution in [0.25, 0.3) is 22.7 Å². The summed E-state index contributed by atoms with van der Waals surface area (Å²) in [6.07, 6.45) is 1.78. The number of aryl methyl sites for hydroxylation is 1. The predicted octanol–water partition coefficient (Wildman–Crippen LogP) is 5.11. The van der Waals surface area contributed by atoms with Crippen molar-refractivity contribution in [1.29, 1.82) is 5.26 Å². The first-order valence-electron chi connectivity index (χ1n) is 8.14. The lowest BCUT2D eigenvalue weighted by Gasteiger charge is -2.12. The predicted molar refractivity (Wildman–Crippen MR) is 106 cm³/mol. The average molecular weight is 412 g/mol. The van der Waals surface area contributed by atoms with E-state index in [1.165, 1.54) is 0 Å². The lowest BCUT2D eigenvalue weighted by Crippen LogP contribution is -1.97. The van der Waals surface area contributed by atoms with Crippen molar-refractivity contribution >= 4 is 38.6 Å². The van der Waals surface area contributed by atoms with Crippen molar-refractivity contribution in [2.75, 3.05) is 13.7 Å². The molecule has 6 heteroatoms. The van der Waals surface area contributed by atoms with Gasteiger partial charge in [0.2, 0.25) is 0 Å². The second-order valence-corrected chi connectivity index (χ2v) is 6.60. The van der Waals surface area contributed by atoms with Gasteiger partial charge in [0.15, 0.2) is 11.5 Å². The first-order chi connectivity index (χ1) is 12.5. The van der Waals surface area contributed by atoms with E-state index in [9.17, 15) is 5.26 Å². The van der Waals surface area contributed by atoms with Crippen LogP contribution in [0.5, 0.6) is 11.5 Å². The summed E-state index contributed by atoms with van der Waals surface area (Å²) in [5.41, 5.74) is 4.13. The van der Waals surface area contributed by atoms with Gasteiger partial charge in [0.25, 0.3) is 0 Å². The molecule has 0 saturated carbocycles. The van der Waals surface area contributed by atoms with E-state index in [1.54, 1.807) is 13.2 Å². The second kappa shape index (κ2) is 7.63. The highest BCUT2D eigenvalue weighted by atomic mass is 79.9. The minimum Gasteiger partial charge on any atom is -0.492 e. The number of imidazole rings is 1. The lowest BCUT2D eigenvalue weighted by atomic mass is 10.1. The number of methoxy groups -OCH3 is 1. The summed E-state index contributed by atoms with van der Waals surface area (Å²) in [5, 5.41) is 9.62. The Hall–Kier alpha value is -2.78. The minimum atomic E-state index is 0.443. The van der Waals surface area contributed by atoms with E-state index in [2.05, 4.69) is 32.0 Å². The number of hydrogen-bond donors (Lipinski definition) is 1. The van der Waals surface area contributed by atoms with Crippen LogP contribution in [0.3, 0.4) is 0 Å². The van der Waals surface area contributed by atoms with Crippen LogP contribution < -0.4 is 9.47 Å². The van der Waals surface area contributed by atoms with Crippen LogP contribution in [-0.2, 0) is 0 Å². The molecule has 5 nitrogen and oxygen atoms in total. The third-order valence-electron chi connectivity index (χ3n) is 3.86. The Kier molecular flexibility index (Phi) is 5.29. The number of fused-ring (bicyclic) bond motifs is 1. The number of nitriles is 1. The molecule has 0 saturated heterocycles. The van der Waals surface area contributed by atoms with E-state index in [1.807, 2.05) is 44.2 Å². The van der Waals surface area contributed by atoms with Gasteiger partial charge in [-0.1, -0.05) is 6.07 Å². The highest BCUT2D eigenvalue weighted by Gasteiger charge is 2.13. The fourth-order valence-corrected chi connectivity index (χ4v) is 3.33. The largest absolute Gasteiger partial charge is 0.492 e. The fraction of sp³-hybridized carbons (Fsp3) is 0.200. The van der Waals surface area contributed by atoms with Crippen LogP contribution in [0, 0.1) is 18.3 Å². The van der Waals surface area contributed by atoms with Gasteiger partial charge in [-0.2, -0.15) is 5.26 Å². The van der Waals surface area contributed by atoms with Gasteiger partial charge in [-0.05, 0) is 71.2 Å². The summed E-state index contributed by atoms with van der Waals surface area (Å²) in [6, 6.07) is 11.9. The van der Waals surface area contributed by atoms with Crippen molar-refractivity contribution in [3.63, 3.8) is 0 Å². The number of rotatable bonds is 5. The SMILES string of the molecule is CCOc1cc(C=C(C#N)c2nc3ccc(C)cc3[nH]2)cc(Br)c1OC. The zero-order chi connectivity index (χ0) is 18.7. The van der Waals surface area contributed by atoms with Gasteiger partial charge in [-0.15, -0.1) is 0 Å². The Morgan fingerprint density at radius 3 is 2.85 bits per heavy atom. The van der Waals surface area contributed by atoms with E-state index < -0.39 is 0 Å². The number of halogens is 1. The Morgan fingerprint density at radius 1 is 1.35 bits per heavy atom. The van der Waals surface area contributed by atoms with Gasteiger partial charge in [0, 0.05) is 0 Å². The summed E-state index contributed by atoms with van der Waals surface area (Å²) in [7, 11) is 1.59. The Balaban J connectivity index is 2.07. The molecule has 0 spiro atoms. The number of nitrogens with one attached hydrogen (secondary N) is 1. The highest BCUT2D eigenvalue weighted by Crippen LogP contribution is 2.37. The molecule has 26 heavy (non-hydrogen) atoms. The Morgan fingerprint density at radius 2 is 2.15 bits per heavy atom. The zero-order valence-electron chi connectivity index (χ0n) is 14.8. The molecule has 0 atom stereocenters. The molecular weight excluding hydrogens is 394 g/mol. The van der Waals surface area contributed by atoms with Crippen LogP contribution in [0.1, 0.15) is 23.9 Å². The van der Waals surface area contributed by atoms with Gasteiger partial charge in [0.1, 0.15) is 11.9 Å². The molecule has 2 aromatic carbocycles. The second-order valence-electron chi connectivity index (χ2n) is 5.74. The molecule has 1 heterocycles. The lowest BCUT2D eigenvalue weighted by molar-refractivity contribution is 0.310. The van der Waals surface area contributed by atoms with Gasteiger partial charge >= 0.3 is 0 Å². The smallest absolute Gasteiger partial charge is 0.174 e. The molecule has 0 fully saturated rings. The van der Waals surface area contributed by atoms with Gasteiger partial charge < -0.3 is 14.5 Å². The van der Waals surface area contributed by atoms with E-state index in [4.69, 9.17) is 9.47 Å². The summed E-state index contributed by atoms with van der Waals surface area (Å²) in [6.45, 7) is 4.45. The van der Waals surface area contributed by atoms with Crippen molar-refractivity contribution in [3.05, 3.63) is 51.8 Å². The zero-order valence-corrected chi connectivity index (χ0v) is 16.3. The van der Waals surface area contributed by atoms with E-state index in [0.29, 0.717) is 29.5 Å². The summed E-state index contributed by atoms with van der Waals surface area (Å²) in [4.78, 5) is 7.74. The summed E-state index contributed by atoms with van der Waals surface area (Å²) < 4.78 is 11.8. The third-order valence-corrected chi connectivity index (χ3v) is 4.45. The van der Waals surface area contributed by atoms with Crippen LogP contribution >= 0.6 is 15.9 Å². The number of aromatic nitrogens is 2. The molecule has 0 aliphatic heterocycles. The van der Waals surface area contributed by atoms with E-state index >= 15 is 0 Å². The highest BCUT2D eigenvalue weighted by molar-refractivity contribution is 9.10. The van der Waals surface area contributed by atoms with Crippen LogP contribution in [0.4, 0.5) is 0 Å². The molecular formula is C20H18BrN3O2. The quantitative estimate of drug-likeness (QED) is 0.592. The van der Waals surface area contributed by atoms with Crippen molar-refractivity contribution < 1.29 is 9.47 Å². The van der Waals surface area contributed by atoms with Crippen LogP contribution in [0.15, 0.2) is 34.8 Å². The summed E-state index contributed by atoms with van der Waals surface area (Å²) >= 11 is 3.49. The third kappa shape index (κ3) is 3.58. The average Bonchev–Trinajstić information content (AvgIpc) is 3.02. The van der Waals surface area contributed by atoms with Crippen LogP contribution in [-0.4, -0.2) is 23.7 Å². The topological polar surface area (TPSA) is 70.9 Å². The monoisotopic (exact) mass is 411 g/mol. The molecule has 0 amide bonds. The van der Waals surface area contributed by atoms with Gasteiger partial charge in [0.05, 0.1) is 34.8 Å². The number of H-pyrrole nitrogens is 1. The van der Waals surface area contributed by atoms with E-state index in [-0.39, 0.29) is 0 Å². The number of ether oxygens (including phenoxy) is 2. The van der Waals surface area contributed by atoms with Crippen molar-refractivity contribution in [2.24, 2.45) is 0 Å². The number of aromatic amines is 1. The van der Waals surface area contributed by atoms with Gasteiger partial charge in [-0.25, -0.2) is 4.98 Å². The normalized spacial score (nSPS) is 11.4. The maximum atomic E-state index is 9.62. The number of allylic oxidation sites excluding steroid dienone is 1. The van der Waals surface area contributed by atoms with E-state index in [0.717, 1.165) is 26.6 Å².